The minimum absolute atomic E-state index is 0.400. The van der Waals surface area contributed by atoms with Crippen molar-refractivity contribution in [2.75, 3.05) is 7.11 Å². The zero-order chi connectivity index (χ0) is 14.1. The van der Waals surface area contributed by atoms with Crippen molar-refractivity contribution in [3.05, 3.63) is 53.1 Å². The molecule has 0 spiro atoms. The molecule has 0 amide bonds. The van der Waals surface area contributed by atoms with E-state index in [1.54, 1.807) is 30.3 Å². The fraction of sp³-hybridized carbons (Fsp3) is 0.0667. The van der Waals surface area contributed by atoms with Crippen LogP contribution in [0.25, 0.3) is 22.6 Å². The summed E-state index contributed by atoms with van der Waals surface area (Å²) < 4.78 is 10.3. The van der Waals surface area contributed by atoms with Gasteiger partial charge >= 0.3 is 5.97 Å². The van der Waals surface area contributed by atoms with Gasteiger partial charge in [-0.25, -0.2) is 9.78 Å². The lowest BCUT2D eigenvalue weighted by Crippen LogP contribution is -2.00. The minimum Gasteiger partial charge on any atom is -0.465 e. The molecule has 4 nitrogen and oxygen atoms in total. The van der Waals surface area contributed by atoms with Gasteiger partial charge in [0.1, 0.15) is 5.52 Å². The second kappa shape index (κ2) is 4.98. The third-order valence-electron chi connectivity index (χ3n) is 2.90. The summed E-state index contributed by atoms with van der Waals surface area (Å²) in [4.78, 5) is 15.8. The number of ether oxygens (including phenoxy) is 1. The quantitative estimate of drug-likeness (QED) is 0.670. The summed E-state index contributed by atoms with van der Waals surface area (Å²) in [6, 6.07) is 12.2. The van der Waals surface area contributed by atoms with Gasteiger partial charge in [-0.15, -0.1) is 0 Å². The standard InChI is InChI=1S/C15H10ClNO3/c1-19-15(18)10-4-7-13-12(8-10)17-14(20-13)9-2-5-11(16)6-3-9/h2-8H,1H3. The number of methoxy groups -OCH3 is 1. The fourth-order valence-corrected chi connectivity index (χ4v) is 2.01. The van der Waals surface area contributed by atoms with Crippen LogP contribution in [0, 0.1) is 0 Å². The van der Waals surface area contributed by atoms with E-state index in [2.05, 4.69) is 9.72 Å². The lowest BCUT2D eigenvalue weighted by molar-refractivity contribution is 0.0601. The summed E-state index contributed by atoms with van der Waals surface area (Å²) in [6.45, 7) is 0. The van der Waals surface area contributed by atoms with E-state index in [4.69, 9.17) is 16.0 Å². The zero-order valence-corrected chi connectivity index (χ0v) is 11.3. The van der Waals surface area contributed by atoms with Gasteiger partial charge in [-0.2, -0.15) is 0 Å². The van der Waals surface area contributed by atoms with Gasteiger partial charge in [0.2, 0.25) is 5.89 Å². The van der Waals surface area contributed by atoms with Gasteiger partial charge in [-0.3, -0.25) is 0 Å². The van der Waals surface area contributed by atoms with Crippen LogP contribution < -0.4 is 0 Å². The molecule has 0 saturated heterocycles. The van der Waals surface area contributed by atoms with Crippen LogP contribution in [-0.2, 0) is 4.74 Å². The Morgan fingerprint density at radius 3 is 2.65 bits per heavy atom. The summed E-state index contributed by atoms with van der Waals surface area (Å²) in [5, 5.41) is 0.651. The molecule has 0 aliphatic carbocycles. The van der Waals surface area contributed by atoms with Crippen LogP contribution in [0.3, 0.4) is 0 Å². The molecule has 1 aromatic heterocycles. The molecule has 0 fully saturated rings. The largest absolute Gasteiger partial charge is 0.465 e. The van der Waals surface area contributed by atoms with E-state index in [-0.39, 0.29) is 0 Å². The Balaban J connectivity index is 2.06. The number of hydrogen-bond acceptors (Lipinski definition) is 4. The van der Waals surface area contributed by atoms with Crippen molar-refractivity contribution in [3.8, 4) is 11.5 Å². The number of benzene rings is 2. The summed E-state index contributed by atoms with van der Waals surface area (Å²) in [5.41, 5.74) is 2.49. The second-order valence-corrected chi connectivity index (χ2v) is 4.64. The molecule has 0 atom stereocenters. The molecule has 0 radical (unpaired) electrons. The molecule has 2 aromatic carbocycles. The summed E-state index contributed by atoms with van der Waals surface area (Å²) in [6.07, 6.45) is 0. The van der Waals surface area contributed by atoms with Crippen LogP contribution in [0.2, 0.25) is 5.02 Å². The highest BCUT2D eigenvalue weighted by Gasteiger charge is 2.11. The fourth-order valence-electron chi connectivity index (χ4n) is 1.89. The van der Waals surface area contributed by atoms with Gasteiger partial charge < -0.3 is 9.15 Å². The molecule has 3 aromatic rings. The smallest absolute Gasteiger partial charge is 0.337 e. The number of rotatable bonds is 2. The molecule has 0 unspecified atom stereocenters. The molecule has 0 saturated carbocycles. The SMILES string of the molecule is COC(=O)c1ccc2oc(-c3ccc(Cl)cc3)nc2c1. The van der Waals surface area contributed by atoms with Crippen molar-refractivity contribution in [3.63, 3.8) is 0 Å². The van der Waals surface area contributed by atoms with E-state index < -0.39 is 5.97 Å². The van der Waals surface area contributed by atoms with Crippen molar-refractivity contribution in [2.45, 2.75) is 0 Å². The maximum Gasteiger partial charge on any atom is 0.337 e. The molecule has 3 rings (SSSR count). The summed E-state index contributed by atoms with van der Waals surface area (Å²) in [5.74, 6) is 0.0848. The van der Waals surface area contributed by atoms with Crippen LogP contribution in [0.4, 0.5) is 0 Å². The van der Waals surface area contributed by atoms with Crippen LogP contribution >= 0.6 is 11.6 Å². The third kappa shape index (κ3) is 2.26. The second-order valence-electron chi connectivity index (χ2n) is 4.20. The first-order valence-corrected chi connectivity index (χ1v) is 6.30. The first kappa shape index (κ1) is 12.7. The number of fused-ring (bicyclic) bond motifs is 1. The van der Waals surface area contributed by atoms with Gasteiger partial charge in [-0.1, -0.05) is 11.6 Å². The average Bonchev–Trinajstić information content (AvgIpc) is 2.90. The molecule has 20 heavy (non-hydrogen) atoms. The van der Waals surface area contributed by atoms with Crippen LogP contribution in [-0.4, -0.2) is 18.1 Å². The number of oxazole rings is 1. The number of carbonyl (C=O) groups excluding carboxylic acids is 1. The van der Waals surface area contributed by atoms with E-state index in [0.717, 1.165) is 5.56 Å². The van der Waals surface area contributed by atoms with Gasteiger partial charge in [0.05, 0.1) is 12.7 Å². The molecule has 0 bridgehead atoms. The molecule has 0 aliphatic heterocycles. The Morgan fingerprint density at radius 2 is 1.95 bits per heavy atom. The molecular formula is C15H10ClNO3. The number of hydrogen-bond donors (Lipinski definition) is 0. The Morgan fingerprint density at radius 1 is 1.20 bits per heavy atom. The predicted molar refractivity (Wildman–Crippen MR) is 75.8 cm³/mol. The molecule has 100 valence electrons. The van der Waals surface area contributed by atoms with E-state index in [9.17, 15) is 4.79 Å². The van der Waals surface area contributed by atoms with Crippen molar-refractivity contribution in [2.24, 2.45) is 0 Å². The maximum absolute atomic E-state index is 11.5. The van der Waals surface area contributed by atoms with E-state index in [1.165, 1.54) is 7.11 Å². The molecule has 1 heterocycles. The lowest BCUT2D eigenvalue weighted by Gasteiger charge is -1.96. The molecule has 0 aliphatic rings. The topological polar surface area (TPSA) is 52.3 Å². The summed E-state index contributed by atoms with van der Waals surface area (Å²) in [7, 11) is 1.34. The van der Waals surface area contributed by atoms with E-state index in [0.29, 0.717) is 27.6 Å². The molecule has 0 N–H and O–H groups in total. The number of aromatic nitrogens is 1. The molecular weight excluding hydrogens is 278 g/mol. The first-order chi connectivity index (χ1) is 9.67. The predicted octanol–water partition coefficient (Wildman–Crippen LogP) is 3.93. The highest BCUT2D eigenvalue weighted by Crippen LogP contribution is 2.26. The van der Waals surface area contributed by atoms with Crippen LogP contribution in [0.5, 0.6) is 0 Å². The van der Waals surface area contributed by atoms with Crippen LogP contribution in [0.1, 0.15) is 10.4 Å². The Kier molecular flexibility index (Phi) is 3.16. The highest BCUT2D eigenvalue weighted by molar-refractivity contribution is 6.30. The van der Waals surface area contributed by atoms with E-state index >= 15 is 0 Å². The van der Waals surface area contributed by atoms with Gasteiger partial charge in [0.15, 0.2) is 5.58 Å². The van der Waals surface area contributed by atoms with Crippen molar-refractivity contribution in [1.82, 2.24) is 4.98 Å². The lowest BCUT2D eigenvalue weighted by atomic mass is 10.2. The molecule has 5 heteroatoms. The number of esters is 1. The van der Waals surface area contributed by atoms with Crippen molar-refractivity contribution < 1.29 is 13.9 Å². The zero-order valence-electron chi connectivity index (χ0n) is 10.6. The highest BCUT2D eigenvalue weighted by atomic mass is 35.5. The van der Waals surface area contributed by atoms with Gasteiger partial charge in [0, 0.05) is 10.6 Å². The van der Waals surface area contributed by atoms with Gasteiger partial charge in [0.25, 0.3) is 0 Å². The monoisotopic (exact) mass is 287 g/mol. The first-order valence-electron chi connectivity index (χ1n) is 5.92. The average molecular weight is 288 g/mol. The number of nitrogens with zero attached hydrogens (tertiary/aromatic N) is 1. The number of carbonyl (C=O) groups is 1. The third-order valence-corrected chi connectivity index (χ3v) is 3.15. The maximum atomic E-state index is 11.5. The van der Waals surface area contributed by atoms with E-state index in [1.807, 2.05) is 12.1 Å². The normalized spacial score (nSPS) is 10.7. The van der Waals surface area contributed by atoms with Crippen molar-refractivity contribution in [1.29, 1.82) is 0 Å². The van der Waals surface area contributed by atoms with Gasteiger partial charge in [-0.05, 0) is 42.5 Å². The van der Waals surface area contributed by atoms with Crippen LogP contribution in [0.15, 0.2) is 46.9 Å². The summed E-state index contributed by atoms with van der Waals surface area (Å²) >= 11 is 5.85. The Labute approximate surface area is 119 Å². The van der Waals surface area contributed by atoms with Crippen molar-refractivity contribution >= 4 is 28.7 Å². The number of halogens is 1. The minimum atomic E-state index is -0.400. The Bertz CT molecular complexity index is 777. The Hall–Kier alpha value is -2.33.